The van der Waals surface area contributed by atoms with E-state index in [9.17, 15) is 18.8 Å². The van der Waals surface area contributed by atoms with E-state index < -0.39 is 17.6 Å². The van der Waals surface area contributed by atoms with E-state index in [1.165, 1.54) is 39.7 Å². The third-order valence-corrected chi connectivity index (χ3v) is 7.26. The van der Waals surface area contributed by atoms with Crippen LogP contribution in [0.25, 0.3) is 21.3 Å². The van der Waals surface area contributed by atoms with Crippen LogP contribution in [0.5, 0.6) is 0 Å². The Morgan fingerprint density at radius 3 is 2.62 bits per heavy atom. The Morgan fingerprint density at radius 1 is 1.12 bits per heavy atom. The second-order valence-electron chi connectivity index (χ2n) is 7.66. The molecule has 0 aliphatic heterocycles. The molecule has 4 rings (SSSR count). The van der Waals surface area contributed by atoms with E-state index in [1.54, 1.807) is 7.05 Å². The maximum absolute atomic E-state index is 13.7. The second kappa shape index (κ2) is 9.78. The fourth-order valence-corrected chi connectivity index (χ4v) is 5.07. The number of halogens is 1. The molecule has 0 saturated heterocycles. The molecule has 0 aliphatic rings. The number of aryl methyl sites for hydroxylation is 2. The minimum atomic E-state index is -0.763. The van der Waals surface area contributed by atoms with Crippen LogP contribution in [0.3, 0.4) is 0 Å². The standard InChI is InChI=1S/C24H21FN4O3S2/c1-13-8-9-15(10-14(13)2)17-11-33-22-20(17)23(32)29(3)24(26-22)34-12-19(30)27-28-21(31)16-6-4-5-7-18(16)25/h4-11H,12H2,1-3H3,(H,27,30)(H,28,31). The first-order valence-corrected chi connectivity index (χ1v) is 12.1. The van der Waals surface area contributed by atoms with E-state index in [2.05, 4.69) is 21.9 Å². The Balaban J connectivity index is 1.47. The van der Waals surface area contributed by atoms with Crippen LogP contribution < -0.4 is 16.4 Å². The summed E-state index contributed by atoms with van der Waals surface area (Å²) in [6.07, 6.45) is 0. The van der Waals surface area contributed by atoms with Crippen molar-refractivity contribution in [2.45, 2.75) is 19.0 Å². The first kappa shape index (κ1) is 23.7. The molecule has 2 heterocycles. The Labute approximate surface area is 203 Å². The van der Waals surface area contributed by atoms with Crippen molar-refractivity contribution < 1.29 is 14.0 Å². The van der Waals surface area contributed by atoms with Crippen LogP contribution in [0.1, 0.15) is 21.5 Å². The lowest BCUT2D eigenvalue weighted by Gasteiger charge is -2.10. The lowest BCUT2D eigenvalue weighted by atomic mass is 10.0. The van der Waals surface area contributed by atoms with Crippen LogP contribution >= 0.6 is 23.1 Å². The first-order valence-electron chi connectivity index (χ1n) is 10.3. The summed E-state index contributed by atoms with van der Waals surface area (Å²) in [5, 5.41) is 2.84. The zero-order chi connectivity index (χ0) is 24.4. The van der Waals surface area contributed by atoms with Crippen molar-refractivity contribution in [1.29, 1.82) is 0 Å². The van der Waals surface area contributed by atoms with Gasteiger partial charge in [0.2, 0.25) is 5.91 Å². The largest absolute Gasteiger partial charge is 0.290 e. The smallest absolute Gasteiger partial charge is 0.272 e. The molecular weight excluding hydrogens is 475 g/mol. The molecule has 2 aromatic carbocycles. The Kier molecular flexibility index (Phi) is 6.80. The molecule has 0 unspecified atom stereocenters. The van der Waals surface area contributed by atoms with Gasteiger partial charge >= 0.3 is 0 Å². The van der Waals surface area contributed by atoms with Gasteiger partial charge in [-0.2, -0.15) is 0 Å². The summed E-state index contributed by atoms with van der Waals surface area (Å²) < 4.78 is 15.1. The number of hydrogen-bond acceptors (Lipinski definition) is 6. The molecule has 0 saturated carbocycles. The molecule has 0 aliphatic carbocycles. The van der Waals surface area contributed by atoms with Crippen molar-refractivity contribution in [3.63, 3.8) is 0 Å². The highest BCUT2D eigenvalue weighted by Gasteiger charge is 2.17. The van der Waals surface area contributed by atoms with E-state index in [-0.39, 0.29) is 16.9 Å². The maximum Gasteiger partial charge on any atom is 0.272 e. The van der Waals surface area contributed by atoms with Gasteiger partial charge in [0.25, 0.3) is 11.5 Å². The molecule has 10 heteroatoms. The molecular formula is C24H21FN4O3S2. The highest BCUT2D eigenvalue weighted by Crippen LogP contribution is 2.32. The molecule has 0 bridgehead atoms. The zero-order valence-electron chi connectivity index (χ0n) is 18.6. The van der Waals surface area contributed by atoms with E-state index in [0.717, 1.165) is 34.5 Å². The number of hydrogen-bond donors (Lipinski definition) is 2. The molecule has 2 aromatic heterocycles. The zero-order valence-corrected chi connectivity index (χ0v) is 20.3. The van der Waals surface area contributed by atoms with E-state index in [0.29, 0.717) is 15.4 Å². The molecule has 0 atom stereocenters. The summed E-state index contributed by atoms with van der Waals surface area (Å²) in [4.78, 5) is 42.5. The number of aromatic nitrogens is 2. The van der Waals surface area contributed by atoms with Gasteiger partial charge in [-0.3, -0.25) is 29.8 Å². The summed E-state index contributed by atoms with van der Waals surface area (Å²) in [6, 6.07) is 11.5. The van der Waals surface area contributed by atoms with Gasteiger partial charge in [0.1, 0.15) is 10.6 Å². The highest BCUT2D eigenvalue weighted by molar-refractivity contribution is 7.99. The van der Waals surface area contributed by atoms with Gasteiger partial charge in [0.15, 0.2) is 5.16 Å². The second-order valence-corrected chi connectivity index (χ2v) is 9.46. The van der Waals surface area contributed by atoms with Gasteiger partial charge in [0, 0.05) is 18.0 Å². The minimum Gasteiger partial charge on any atom is -0.290 e. The average Bonchev–Trinajstić information content (AvgIpc) is 3.25. The molecule has 0 spiro atoms. The molecule has 174 valence electrons. The third kappa shape index (κ3) is 4.73. The van der Waals surface area contributed by atoms with Gasteiger partial charge in [-0.1, -0.05) is 42.1 Å². The third-order valence-electron chi connectivity index (χ3n) is 5.36. The molecule has 2 amide bonds. The van der Waals surface area contributed by atoms with Gasteiger partial charge in [0.05, 0.1) is 16.7 Å². The lowest BCUT2D eigenvalue weighted by molar-refractivity contribution is -0.119. The van der Waals surface area contributed by atoms with Gasteiger partial charge < -0.3 is 0 Å². The number of rotatable bonds is 5. The number of nitrogens with zero attached hydrogens (tertiary/aromatic N) is 2. The monoisotopic (exact) mass is 496 g/mol. The van der Waals surface area contributed by atoms with Gasteiger partial charge in [-0.05, 0) is 42.7 Å². The predicted molar refractivity (Wildman–Crippen MR) is 133 cm³/mol. The lowest BCUT2D eigenvalue weighted by Crippen LogP contribution is -2.42. The highest BCUT2D eigenvalue weighted by atomic mass is 32.2. The number of hydrazine groups is 1. The van der Waals surface area contributed by atoms with Crippen LogP contribution in [-0.2, 0) is 11.8 Å². The van der Waals surface area contributed by atoms with E-state index in [1.807, 2.05) is 31.4 Å². The molecule has 0 fully saturated rings. The summed E-state index contributed by atoms with van der Waals surface area (Å²) in [5.74, 6) is -2.07. The van der Waals surface area contributed by atoms with Gasteiger partial charge in [-0.15, -0.1) is 11.3 Å². The number of amides is 2. The summed E-state index contributed by atoms with van der Waals surface area (Å²) in [5.41, 5.74) is 8.16. The molecule has 0 radical (unpaired) electrons. The molecule has 2 N–H and O–H groups in total. The van der Waals surface area contributed by atoms with Crippen LogP contribution in [0.2, 0.25) is 0 Å². The van der Waals surface area contributed by atoms with Crippen molar-refractivity contribution in [3.8, 4) is 11.1 Å². The Bertz CT molecular complexity index is 1480. The van der Waals surface area contributed by atoms with Crippen LogP contribution in [0.4, 0.5) is 4.39 Å². The number of nitrogens with one attached hydrogen (secondary N) is 2. The quantitative estimate of drug-likeness (QED) is 0.248. The minimum absolute atomic E-state index is 0.0985. The predicted octanol–water partition coefficient (Wildman–Crippen LogP) is 3.97. The number of fused-ring (bicyclic) bond motifs is 1. The van der Waals surface area contributed by atoms with Crippen LogP contribution in [0, 0.1) is 19.7 Å². The molecule has 34 heavy (non-hydrogen) atoms. The number of thiophene rings is 1. The summed E-state index contributed by atoms with van der Waals surface area (Å²) >= 11 is 2.44. The number of thioether (sulfide) groups is 1. The fourth-order valence-electron chi connectivity index (χ4n) is 3.31. The van der Waals surface area contributed by atoms with Crippen molar-refractivity contribution in [2.24, 2.45) is 7.05 Å². The average molecular weight is 497 g/mol. The number of benzene rings is 2. The van der Waals surface area contributed by atoms with Crippen LogP contribution in [-0.4, -0.2) is 27.1 Å². The first-order chi connectivity index (χ1) is 16.3. The van der Waals surface area contributed by atoms with Gasteiger partial charge in [-0.25, -0.2) is 9.37 Å². The normalized spacial score (nSPS) is 10.9. The van der Waals surface area contributed by atoms with Crippen molar-refractivity contribution >= 4 is 45.1 Å². The van der Waals surface area contributed by atoms with E-state index >= 15 is 0 Å². The molecule has 7 nitrogen and oxygen atoms in total. The maximum atomic E-state index is 13.7. The SMILES string of the molecule is Cc1ccc(-c2csc3nc(SCC(=O)NNC(=O)c4ccccc4F)n(C)c(=O)c23)cc1C. The van der Waals surface area contributed by atoms with Crippen molar-refractivity contribution in [1.82, 2.24) is 20.4 Å². The van der Waals surface area contributed by atoms with Crippen molar-refractivity contribution in [3.05, 3.63) is 80.7 Å². The van der Waals surface area contributed by atoms with E-state index in [4.69, 9.17) is 0 Å². The summed E-state index contributed by atoms with van der Waals surface area (Å²) in [7, 11) is 1.61. The summed E-state index contributed by atoms with van der Waals surface area (Å²) in [6.45, 7) is 4.07. The Morgan fingerprint density at radius 2 is 1.88 bits per heavy atom. The van der Waals surface area contributed by atoms with Crippen LogP contribution in [0.15, 0.2) is 57.8 Å². The number of carbonyl (C=O) groups is 2. The van der Waals surface area contributed by atoms with Crippen molar-refractivity contribution in [2.75, 3.05) is 5.75 Å². The topological polar surface area (TPSA) is 93.1 Å². The number of carbonyl (C=O) groups excluding carboxylic acids is 2. The Hall–Kier alpha value is -3.50. The fraction of sp³-hybridized carbons (Fsp3) is 0.167. The molecule has 4 aromatic rings.